The zero-order valence-corrected chi connectivity index (χ0v) is 17.9. The maximum absolute atomic E-state index is 12.2. The molecule has 0 saturated carbocycles. The number of aryl methyl sites for hydroxylation is 2. The number of aromatic hydroxyl groups is 1. The molecule has 2 rings (SSSR count). The Morgan fingerprint density at radius 1 is 1.07 bits per heavy atom. The van der Waals surface area contributed by atoms with Crippen molar-refractivity contribution in [2.45, 2.75) is 60.6 Å². The van der Waals surface area contributed by atoms with Crippen molar-refractivity contribution in [2.24, 2.45) is 0 Å². The van der Waals surface area contributed by atoms with Gasteiger partial charge >= 0.3 is 0 Å². The monoisotopic (exact) mass is 381 g/mol. The molecule has 4 nitrogen and oxygen atoms in total. The molecule has 0 radical (unpaired) electrons. The zero-order chi connectivity index (χ0) is 21.0. The first-order chi connectivity index (χ1) is 13.1. The lowest BCUT2D eigenvalue weighted by molar-refractivity contribution is -0.117. The Balaban J connectivity index is 2.36. The molecule has 28 heavy (non-hydrogen) atoms. The molecule has 0 heterocycles. The molecule has 0 saturated heterocycles. The van der Waals surface area contributed by atoms with Gasteiger partial charge in [-0.05, 0) is 94.5 Å². The maximum Gasteiger partial charge on any atom is 0.247 e. The Kier molecular flexibility index (Phi) is 6.90. The second kappa shape index (κ2) is 8.96. The molecule has 150 valence electrons. The van der Waals surface area contributed by atoms with Gasteiger partial charge in [0.1, 0.15) is 0 Å². The average Bonchev–Trinajstić information content (AvgIpc) is 2.58. The van der Waals surface area contributed by atoms with Crippen molar-refractivity contribution in [1.29, 1.82) is 0 Å². The minimum atomic E-state index is -0.0539. The highest BCUT2D eigenvalue weighted by molar-refractivity contribution is 5.97. The first-order valence-corrected chi connectivity index (χ1v) is 9.69. The molecule has 4 heteroatoms. The van der Waals surface area contributed by atoms with Crippen LogP contribution in [0.4, 0.5) is 0 Å². The lowest BCUT2D eigenvalue weighted by atomic mass is 9.94. The SMILES string of the molecule is CC(=Cc1cc(C)c(-c2ccc(OC(C)C)c(O)c2)cc1C)C(=O)NC(C)C. The molecule has 2 N–H and O–H groups in total. The molecule has 0 bridgehead atoms. The van der Waals surface area contributed by atoms with Crippen LogP contribution in [0.3, 0.4) is 0 Å². The number of hydrogen-bond donors (Lipinski definition) is 2. The molecule has 0 aliphatic rings. The highest BCUT2D eigenvalue weighted by Crippen LogP contribution is 2.34. The van der Waals surface area contributed by atoms with E-state index in [1.54, 1.807) is 12.1 Å². The van der Waals surface area contributed by atoms with E-state index in [9.17, 15) is 9.90 Å². The van der Waals surface area contributed by atoms with E-state index in [0.29, 0.717) is 11.3 Å². The standard InChI is InChI=1S/C24H31NO3/c1-14(2)25-24(27)18(7)11-20-10-17(6)21(12-16(20)5)19-8-9-23(22(26)13-19)28-15(3)4/h8-15,26H,1-7H3,(H,25,27). The van der Waals surface area contributed by atoms with Crippen molar-refractivity contribution in [1.82, 2.24) is 5.32 Å². The third-order valence-electron chi connectivity index (χ3n) is 4.40. The zero-order valence-electron chi connectivity index (χ0n) is 17.9. The Bertz CT molecular complexity index is 895. The van der Waals surface area contributed by atoms with E-state index in [-0.39, 0.29) is 23.8 Å². The number of carbonyl (C=O) groups is 1. The first kappa shape index (κ1) is 21.5. The van der Waals surface area contributed by atoms with Crippen LogP contribution in [0.5, 0.6) is 11.5 Å². The maximum atomic E-state index is 12.2. The summed E-state index contributed by atoms with van der Waals surface area (Å²) in [6.45, 7) is 13.6. The van der Waals surface area contributed by atoms with Gasteiger partial charge in [0, 0.05) is 11.6 Å². The summed E-state index contributed by atoms with van der Waals surface area (Å²) in [5, 5.41) is 13.2. The molecule has 0 aromatic heterocycles. The van der Waals surface area contributed by atoms with Crippen LogP contribution in [0.2, 0.25) is 0 Å². The van der Waals surface area contributed by atoms with Crippen molar-refractivity contribution >= 4 is 12.0 Å². The van der Waals surface area contributed by atoms with Gasteiger partial charge in [0.25, 0.3) is 0 Å². The van der Waals surface area contributed by atoms with Crippen LogP contribution in [-0.2, 0) is 4.79 Å². The van der Waals surface area contributed by atoms with Crippen LogP contribution < -0.4 is 10.1 Å². The molecule has 0 fully saturated rings. The van der Waals surface area contributed by atoms with Crippen LogP contribution in [0.1, 0.15) is 51.3 Å². The molecule has 0 spiro atoms. The Hall–Kier alpha value is -2.75. The number of phenols is 1. The highest BCUT2D eigenvalue weighted by Gasteiger charge is 2.12. The minimum Gasteiger partial charge on any atom is -0.504 e. The largest absolute Gasteiger partial charge is 0.504 e. The fraction of sp³-hybridized carbons (Fsp3) is 0.375. The second-order valence-electron chi connectivity index (χ2n) is 7.83. The van der Waals surface area contributed by atoms with Gasteiger partial charge in [0.05, 0.1) is 6.10 Å². The van der Waals surface area contributed by atoms with Gasteiger partial charge < -0.3 is 15.2 Å². The molecule has 2 aromatic rings. The minimum absolute atomic E-state index is 0.00272. The van der Waals surface area contributed by atoms with E-state index in [2.05, 4.69) is 17.4 Å². The number of amides is 1. The van der Waals surface area contributed by atoms with Crippen molar-refractivity contribution < 1.29 is 14.6 Å². The van der Waals surface area contributed by atoms with Crippen molar-refractivity contribution in [3.63, 3.8) is 0 Å². The third kappa shape index (κ3) is 5.38. The number of nitrogens with one attached hydrogen (secondary N) is 1. The molecular weight excluding hydrogens is 350 g/mol. The van der Waals surface area contributed by atoms with Crippen molar-refractivity contribution in [2.75, 3.05) is 0 Å². The quantitative estimate of drug-likeness (QED) is 0.660. The normalized spacial score (nSPS) is 11.8. The van der Waals surface area contributed by atoms with Crippen LogP contribution >= 0.6 is 0 Å². The van der Waals surface area contributed by atoms with E-state index in [1.165, 1.54) is 0 Å². The van der Waals surface area contributed by atoms with Crippen LogP contribution in [0, 0.1) is 13.8 Å². The molecule has 2 aromatic carbocycles. The lowest BCUT2D eigenvalue weighted by Crippen LogP contribution is -2.30. The van der Waals surface area contributed by atoms with Crippen molar-refractivity contribution in [3.8, 4) is 22.6 Å². The van der Waals surface area contributed by atoms with Crippen molar-refractivity contribution in [3.05, 3.63) is 52.6 Å². The summed E-state index contributed by atoms with van der Waals surface area (Å²) < 4.78 is 5.61. The summed E-state index contributed by atoms with van der Waals surface area (Å²) in [7, 11) is 0. The fourth-order valence-electron chi connectivity index (χ4n) is 3.02. The van der Waals surface area contributed by atoms with Crippen LogP contribution in [0.25, 0.3) is 17.2 Å². The van der Waals surface area contributed by atoms with Gasteiger partial charge in [-0.15, -0.1) is 0 Å². The predicted octanol–water partition coefficient (Wildman–Crippen LogP) is 5.39. The number of hydrogen-bond acceptors (Lipinski definition) is 3. The van der Waals surface area contributed by atoms with E-state index in [4.69, 9.17) is 4.74 Å². The molecular formula is C24H31NO3. The topological polar surface area (TPSA) is 58.6 Å². The summed E-state index contributed by atoms with van der Waals surface area (Å²) in [5.41, 5.74) is 5.81. The smallest absolute Gasteiger partial charge is 0.247 e. The summed E-state index contributed by atoms with van der Waals surface area (Å²) in [6, 6.07) is 9.76. The number of ether oxygens (including phenoxy) is 1. The third-order valence-corrected chi connectivity index (χ3v) is 4.40. The van der Waals surface area contributed by atoms with E-state index in [1.807, 2.05) is 60.6 Å². The Morgan fingerprint density at radius 2 is 1.75 bits per heavy atom. The molecule has 0 aliphatic carbocycles. The lowest BCUT2D eigenvalue weighted by Gasteiger charge is -2.15. The van der Waals surface area contributed by atoms with E-state index in [0.717, 1.165) is 27.8 Å². The summed E-state index contributed by atoms with van der Waals surface area (Å²) >= 11 is 0. The number of phenolic OH excluding ortho intramolecular Hbond substituents is 1. The molecule has 0 unspecified atom stereocenters. The highest BCUT2D eigenvalue weighted by atomic mass is 16.5. The van der Waals surface area contributed by atoms with E-state index < -0.39 is 0 Å². The van der Waals surface area contributed by atoms with Gasteiger partial charge in [-0.2, -0.15) is 0 Å². The second-order valence-corrected chi connectivity index (χ2v) is 7.83. The average molecular weight is 382 g/mol. The van der Waals surface area contributed by atoms with Gasteiger partial charge in [0.2, 0.25) is 5.91 Å². The van der Waals surface area contributed by atoms with Crippen LogP contribution in [-0.4, -0.2) is 23.2 Å². The Morgan fingerprint density at radius 3 is 2.32 bits per heavy atom. The predicted molar refractivity (Wildman–Crippen MR) is 116 cm³/mol. The van der Waals surface area contributed by atoms with E-state index >= 15 is 0 Å². The van der Waals surface area contributed by atoms with Gasteiger partial charge in [-0.3, -0.25) is 4.79 Å². The van der Waals surface area contributed by atoms with Gasteiger partial charge in [0.15, 0.2) is 11.5 Å². The molecule has 1 amide bonds. The Labute approximate surface area is 168 Å². The summed E-state index contributed by atoms with van der Waals surface area (Å²) in [5.74, 6) is 0.565. The first-order valence-electron chi connectivity index (χ1n) is 9.69. The summed E-state index contributed by atoms with van der Waals surface area (Å²) in [4.78, 5) is 12.2. The summed E-state index contributed by atoms with van der Waals surface area (Å²) in [6.07, 6.45) is 1.92. The molecule has 0 aliphatic heterocycles. The van der Waals surface area contributed by atoms with Crippen LogP contribution in [0.15, 0.2) is 35.9 Å². The number of carbonyl (C=O) groups excluding carboxylic acids is 1. The fourth-order valence-corrected chi connectivity index (χ4v) is 3.02. The van der Waals surface area contributed by atoms with Gasteiger partial charge in [-0.1, -0.05) is 18.2 Å². The van der Waals surface area contributed by atoms with Gasteiger partial charge in [-0.25, -0.2) is 0 Å². The molecule has 0 atom stereocenters. The number of benzene rings is 2. The number of rotatable bonds is 6.